The predicted octanol–water partition coefficient (Wildman–Crippen LogP) is 3.09. The van der Waals surface area contributed by atoms with E-state index in [0.717, 1.165) is 17.5 Å². The van der Waals surface area contributed by atoms with Gasteiger partial charge in [-0.2, -0.15) is 0 Å². The van der Waals surface area contributed by atoms with E-state index in [1.54, 1.807) is 32.2 Å². The third-order valence-electron chi connectivity index (χ3n) is 5.36. The number of anilines is 1. The van der Waals surface area contributed by atoms with Crippen LogP contribution in [0.5, 0.6) is 0 Å². The van der Waals surface area contributed by atoms with Gasteiger partial charge in [0.05, 0.1) is 15.1 Å². The minimum Gasteiger partial charge on any atom is -0.302 e. The summed E-state index contributed by atoms with van der Waals surface area (Å²) in [6.45, 7) is 2.20. The molecule has 3 atom stereocenters. The summed E-state index contributed by atoms with van der Waals surface area (Å²) in [6, 6.07) is 4.89. The number of allylic oxidation sites excluding steroid dienone is 2. The van der Waals surface area contributed by atoms with Gasteiger partial charge in [-0.05, 0) is 42.9 Å². The van der Waals surface area contributed by atoms with Crippen LogP contribution in [0.2, 0.25) is 0 Å². The number of sulfonamides is 1. The lowest BCUT2D eigenvalue weighted by Crippen LogP contribution is -2.26. The maximum Gasteiger partial charge on any atom is 0.242 e. The Morgan fingerprint density at radius 2 is 2.15 bits per heavy atom. The van der Waals surface area contributed by atoms with Crippen molar-refractivity contribution in [3.05, 3.63) is 30.4 Å². The number of carbonyl (C=O) groups excluding carboxylic acids is 1. The molecule has 26 heavy (non-hydrogen) atoms. The molecule has 1 saturated carbocycles. The molecule has 0 aliphatic heterocycles. The summed E-state index contributed by atoms with van der Waals surface area (Å²) in [5.41, 5.74) is 0.691. The summed E-state index contributed by atoms with van der Waals surface area (Å²) in [5, 5.41) is 3.45. The Morgan fingerprint density at radius 1 is 1.35 bits per heavy atom. The molecule has 0 saturated heterocycles. The molecule has 1 heterocycles. The molecule has 2 bridgehead atoms. The summed E-state index contributed by atoms with van der Waals surface area (Å²) in [5.74, 6) is 0.913. The number of aromatic nitrogens is 1. The molecule has 1 aromatic heterocycles. The van der Waals surface area contributed by atoms with E-state index >= 15 is 0 Å². The minimum absolute atomic E-state index is 0.0134. The maximum absolute atomic E-state index is 12.6. The van der Waals surface area contributed by atoms with Crippen molar-refractivity contribution in [1.29, 1.82) is 0 Å². The number of nitrogens with one attached hydrogen (secondary N) is 1. The molecule has 1 aromatic carbocycles. The Labute approximate surface area is 157 Å². The fraction of sp³-hybridized carbons (Fsp3) is 0.444. The number of fused-ring (bicyclic) bond motifs is 3. The van der Waals surface area contributed by atoms with Gasteiger partial charge in [-0.25, -0.2) is 17.7 Å². The lowest BCUT2D eigenvalue weighted by molar-refractivity contribution is -0.120. The zero-order chi connectivity index (χ0) is 18.5. The van der Waals surface area contributed by atoms with E-state index in [-0.39, 0.29) is 16.7 Å². The lowest BCUT2D eigenvalue weighted by atomic mass is 9.93. The molecule has 0 spiro atoms. The van der Waals surface area contributed by atoms with Gasteiger partial charge in [-0.1, -0.05) is 30.4 Å². The van der Waals surface area contributed by atoms with Crippen LogP contribution in [-0.2, 0) is 14.8 Å². The zero-order valence-electron chi connectivity index (χ0n) is 14.7. The largest absolute Gasteiger partial charge is 0.302 e. The standard InChI is InChI=1S/C18H21N3O3S2/c1-3-21(2)26(23,24)13-6-7-15-16(10-13)25-18(19-15)20-17(22)14-9-11-4-5-12(14)8-11/h4-7,10-12,14H,3,8-9H2,1-2H3,(H,19,20,22). The van der Waals surface area contributed by atoms with E-state index in [9.17, 15) is 13.2 Å². The highest BCUT2D eigenvalue weighted by molar-refractivity contribution is 7.89. The molecule has 0 radical (unpaired) electrons. The third kappa shape index (κ3) is 2.95. The van der Waals surface area contributed by atoms with Gasteiger partial charge in [0.1, 0.15) is 0 Å². The number of carbonyl (C=O) groups is 1. The number of rotatable bonds is 5. The van der Waals surface area contributed by atoms with Gasteiger partial charge >= 0.3 is 0 Å². The molecule has 6 nitrogen and oxygen atoms in total. The number of benzene rings is 1. The molecule has 2 aromatic rings. The van der Waals surface area contributed by atoms with E-state index in [1.807, 2.05) is 0 Å². The van der Waals surface area contributed by atoms with Crippen molar-refractivity contribution < 1.29 is 13.2 Å². The third-order valence-corrected chi connectivity index (χ3v) is 8.22. The van der Waals surface area contributed by atoms with E-state index in [0.29, 0.717) is 29.0 Å². The maximum atomic E-state index is 12.6. The molecule has 8 heteroatoms. The van der Waals surface area contributed by atoms with Crippen LogP contribution >= 0.6 is 11.3 Å². The highest BCUT2D eigenvalue weighted by atomic mass is 32.2. The highest BCUT2D eigenvalue weighted by Crippen LogP contribution is 2.44. The summed E-state index contributed by atoms with van der Waals surface area (Å²) >= 11 is 1.31. The molecular weight excluding hydrogens is 370 g/mol. The number of thiazole rings is 1. The molecule has 1 amide bonds. The van der Waals surface area contributed by atoms with Crippen LogP contribution < -0.4 is 5.32 Å². The van der Waals surface area contributed by atoms with Gasteiger partial charge in [0.25, 0.3) is 0 Å². The fourth-order valence-electron chi connectivity index (χ4n) is 3.75. The zero-order valence-corrected chi connectivity index (χ0v) is 16.3. The van der Waals surface area contributed by atoms with Crippen LogP contribution in [0.15, 0.2) is 35.2 Å². The van der Waals surface area contributed by atoms with Crippen LogP contribution in [-0.4, -0.2) is 37.2 Å². The Hall–Kier alpha value is -1.77. The first-order chi connectivity index (χ1) is 12.4. The highest BCUT2D eigenvalue weighted by Gasteiger charge is 2.40. The lowest BCUT2D eigenvalue weighted by Gasteiger charge is -2.16. The van der Waals surface area contributed by atoms with Crippen molar-refractivity contribution in [2.24, 2.45) is 17.8 Å². The van der Waals surface area contributed by atoms with E-state index < -0.39 is 10.0 Å². The first-order valence-electron chi connectivity index (χ1n) is 8.74. The number of amides is 1. The van der Waals surface area contributed by atoms with Crippen molar-refractivity contribution in [2.75, 3.05) is 18.9 Å². The average molecular weight is 392 g/mol. The molecule has 2 aliphatic carbocycles. The van der Waals surface area contributed by atoms with Gasteiger partial charge in [-0.3, -0.25) is 4.79 Å². The normalized spacial score (nSPS) is 24.7. The SMILES string of the molecule is CCN(C)S(=O)(=O)c1ccc2nc(NC(=O)C3CC4C=CC3C4)sc2c1. The summed E-state index contributed by atoms with van der Waals surface area (Å²) in [7, 11) is -1.94. The van der Waals surface area contributed by atoms with Gasteiger partial charge in [0.2, 0.25) is 15.9 Å². The van der Waals surface area contributed by atoms with Crippen LogP contribution in [0.25, 0.3) is 10.2 Å². The molecule has 1 fully saturated rings. The predicted molar refractivity (Wildman–Crippen MR) is 103 cm³/mol. The first-order valence-corrected chi connectivity index (χ1v) is 11.0. The fourth-order valence-corrected chi connectivity index (χ4v) is 5.94. The topological polar surface area (TPSA) is 79.4 Å². The molecule has 2 aliphatic rings. The second-order valence-corrected chi connectivity index (χ2v) is 10.0. The summed E-state index contributed by atoms with van der Waals surface area (Å²) in [4.78, 5) is 17.2. The van der Waals surface area contributed by atoms with Crippen LogP contribution in [0.4, 0.5) is 5.13 Å². The Kier molecular flexibility index (Phi) is 4.37. The van der Waals surface area contributed by atoms with Crippen LogP contribution in [0.3, 0.4) is 0 Å². The Bertz CT molecular complexity index is 996. The van der Waals surface area contributed by atoms with E-state index in [2.05, 4.69) is 22.5 Å². The van der Waals surface area contributed by atoms with E-state index in [1.165, 1.54) is 15.6 Å². The molecule has 3 unspecified atom stereocenters. The average Bonchev–Trinajstić information content (AvgIpc) is 3.34. The van der Waals surface area contributed by atoms with Gasteiger partial charge < -0.3 is 5.32 Å². The van der Waals surface area contributed by atoms with Gasteiger partial charge in [0.15, 0.2) is 5.13 Å². The van der Waals surface area contributed by atoms with Crippen molar-refractivity contribution in [3.63, 3.8) is 0 Å². The monoisotopic (exact) mass is 391 g/mol. The van der Waals surface area contributed by atoms with Crippen molar-refractivity contribution in [3.8, 4) is 0 Å². The molecule has 1 N–H and O–H groups in total. The summed E-state index contributed by atoms with van der Waals surface area (Å²) in [6.07, 6.45) is 6.34. The Balaban J connectivity index is 1.56. The molecule has 138 valence electrons. The van der Waals surface area contributed by atoms with Gasteiger partial charge in [-0.15, -0.1) is 0 Å². The second kappa shape index (κ2) is 6.44. The number of hydrogen-bond donors (Lipinski definition) is 1. The Morgan fingerprint density at radius 3 is 2.81 bits per heavy atom. The molecular formula is C18H21N3O3S2. The quantitative estimate of drug-likeness (QED) is 0.795. The van der Waals surface area contributed by atoms with Crippen molar-refractivity contribution in [2.45, 2.75) is 24.7 Å². The van der Waals surface area contributed by atoms with Crippen LogP contribution in [0.1, 0.15) is 19.8 Å². The van der Waals surface area contributed by atoms with E-state index in [4.69, 9.17) is 0 Å². The molecule has 4 rings (SSSR count). The smallest absolute Gasteiger partial charge is 0.242 e. The number of hydrogen-bond acceptors (Lipinski definition) is 5. The van der Waals surface area contributed by atoms with Crippen molar-refractivity contribution >= 4 is 42.6 Å². The second-order valence-electron chi connectivity index (χ2n) is 6.94. The first kappa shape index (κ1) is 17.6. The number of nitrogens with zero attached hydrogens (tertiary/aromatic N) is 2. The minimum atomic E-state index is -3.50. The van der Waals surface area contributed by atoms with Crippen molar-refractivity contribution in [1.82, 2.24) is 9.29 Å². The van der Waals surface area contributed by atoms with Gasteiger partial charge in [0, 0.05) is 19.5 Å². The van der Waals surface area contributed by atoms with Crippen LogP contribution in [0, 0.1) is 17.8 Å². The summed E-state index contributed by atoms with van der Waals surface area (Å²) < 4.78 is 27.0.